The van der Waals surface area contributed by atoms with Crippen molar-refractivity contribution in [1.82, 2.24) is 0 Å². The fraction of sp³-hybridized carbons (Fsp3) is 0.333. The molecule has 1 aliphatic heterocycles. The van der Waals surface area contributed by atoms with Gasteiger partial charge in [-0.3, -0.25) is 0 Å². The quantitative estimate of drug-likeness (QED) is 0.855. The van der Waals surface area contributed by atoms with Crippen LogP contribution in [0.4, 0.5) is 0 Å². The van der Waals surface area contributed by atoms with Gasteiger partial charge in [0.2, 0.25) is 0 Å². The molecule has 0 saturated heterocycles. The Hall–Kier alpha value is -1.60. The summed E-state index contributed by atoms with van der Waals surface area (Å²) in [4.78, 5) is 1.68. The van der Waals surface area contributed by atoms with Gasteiger partial charge < -0.3 is 4.90 Å². The molecule has 98 valence electrons. The summed E-state index contributed by atoms with van der Waals surface area (Å²) in [6.07, 6.45) is 2.35. The van der Waals surface area contributed by atoms with Crippen LogP contribution in [0.3, 0.4) is 0 Å². The molecule has 0 fully saturated rings. The number of hydrogen-bond acceptors (Lipinski definition) is 0. The molecule has 0 saturated carbocycles. The van der Waals surface area contributed by atoms with Crippen molar-refractivity contribution in [3.05, 3.63) is 70.8 Å². The third-order valence-electron chi connectivity index (χ3n) is 4.19. The molecule has 1 aliphatic rings. The fourth-order valence-corrected chi connectivity index (χ4v) is 2.98. The van der Waals surface area contributed by atoms with Crippen molar-refractivity contribution in [3.63, 3.8) is 0 Å². The summed E-state index contributed by atoms with van der Waals surface area (Å²) in [7, 11) is 0. The van der Waals surface area contributed by atoms with Crippen LogP contribution in [0.25, 0.3) is 0 Å². The molecule has 0 bridgehead atoms. The average molecular weight is 252 g/mol. The van der Waals surface area contributed by atoms with Gasteiger partial charge in [0.15, 0.2) is 0 Å². The highest BCUT2D eigenvalue weighted by molar-refractivity contribution is 5.27. The summed E-state index contributed by atoms with van der Waals surface area (Å²) >= 11 is 0. The second-order valence-electron chi connectivity index (χ2n) is 5.54. The maximum atomic E-state index is 2.30. The molecule has 1 unspecified atom stereocenters. The minimum atomic E-state index is 1.13. The predicted octanol–water partition coefficient (Wildman–Crippen LogP) is 2.39. The topological polar surface area (TPSA) is 4.44 Å². The molecule has 1 nitrogen and oxygen atoms in total. The molecule has 1 N–H and O–H groups in total. The third-order valence-corrected chi connectivity index (χ3v) is 4.19. The zero-order valence-electron chi connectivity index (χ0n) is 11.7. The first-order chi connectivity index (χ1) is 9.35. The molecular weight excluding hydrogens is 230 g/mol. The lowest BCUT2D eigenvalue weighted by Gasteiger charge is -2.26. The van der Waals surface area contributed by atoms with Gasteiger partial charge in [-0.1, -0.05) is 55.5 Å². The summed E-state index contributed by atoms with van der Waals surface area (Å²) < 4.78 is 0. The Bertz CT molecular complexity index is 542. The van der Waals surface area contributed by atoms with E-state index < -0.39 is 0 Å². The van der Waals surface area contributed by atoms with Crippen LogP contribution in [0.2, 0.25) is 0 Å². The molecule has 0 amide bonds. The number of nitrogens with one attached hydrogen (secondary N) is 1. The van der Waals surface area contributed by atoms with Gasteiger partial charge in [-0.25, -0.2) is 0 Å². The van der Waals surface area contributed by atoms with Crippen LogP contribution < -0.4 is 4.90 Å². The highest BCUT2D eigenvalue weighted by atomic mass is 15.1. The van der Waals surface area contributed by atoms with E-state index in [9.17, 15) is 0 Å². The molecule has 0 aliphatic carbocycles. The Morgan fingerprint density at radius 2 is 1.58 bits per heavy atom. The number of fused-ring (bicyclic) bond motifs is 1. The zero-order chi connectivity index (χ0) is 13.1. The molecule has 0 radical (unpaired) electrons. The van der Waals surface area contributed by atoms with Crippen LogP contribution in [0.15, 0.2) is 48.5 Å². The largest absolute Gasteiger partial charge is 0.327 e. The average Bonchev–Trinajstić information content (AvgIpc) is 2.48. The summed E-state index contributed by atoms with van der Waals surface area (Å²) in [5, 5.41) is 0. The van der Waals surface area contributed by atoms with E-state index in [4.69, 9.17) is 0 Å². The number of aryl methyl sites for hydroxylation is 1. The zero-order valence-corrected chi connectivity index (χ0v) is 11.7. The van der Waals surface area contributed by atoms with E-state index in [-0.39, 0.29) is 0 Å². The second kappa shape index (κ2) is 5.58. The molecule has 1 heterocycles. The summed E-state index contributed by atoms with van der Waals surface area (Å²) in [5.74, 6) is 0. The first-order valence-electron chi connectivity index (χ1n) is 7.33. The van der Waals surface area contributed by atoms with Crippen molar-refractivity contribution < 1.29 is 4.90 Å². The second-order valence-corrected chi connectivity index (χ2v) is 5.54. The van der Waals surface area contributed by atoms with Gasteiger partial charge in [-0.05, 0) is 17.5 Å². The number of hydrogen-bond donors (Lipinski definition) is 1. The Labute approximate surface area is 115 Å². The van der Waals surface area contributed by atoms with Crippen LogP contribution in [0.5, 0.6) is 0 Å². The van der Waals surface area contributed by atoms with Crippen molar-refractivity contribution in [2.45, 2.75) is 32.9 Å². The Balaban J connectivity index is 1.68. The first kappa shape index (κ1) is 12.4. The molecule has 1 atom stereocenters. The van der Waals surface area contributed by atoms with Crippen molar-refractivity contribution in [3.8, 4) is 0 Å². The summed E-state index contributed by atoms with van der Waals surface area (Å²) in [6, 6.07) is 18.0. The highest BCUT2D eigenvalue weighted by Crippen LogP contribution is 2.11. The maximum Gasteiger partial charge on any atom is 0.103 e. The number of quaternary nitrogens is 1. The van der Waals surface area contributed by atoms with Gasteiger partial charge >= 0.3 is 0 Å². The minimum Gasteiger partial charge on any atom is -0.327 e. The van der Waals surface area contributed by atoms with Crippen LogP contribution in [-0.2, 0) is 25.9 Å². The number of benzene rings is 2. The highest BCUT2D eigenvalue weighted by Gasteiger charge is 2.18. The Kier molecular flexibility index (Phi) is 3.65. The van der Waals surface area contributed by atoms with Crippen molar-refractivity contribution in [2.75, 3.05) is 6.54 Å². The minimum absolute atomic E-state index is 1.13. The van der Waals surface area contributed by atoms with Gasteiger partial charge in [0.05, 0.1) is 6.54 Å². The summed E-state index contributed by atoms with van der Waals surface area (Å²) in [5.41, 5.74) is 5.98. The molecule has 3 rings (SSSR count). The normalized spacial score (nSPS) is 18.1. The molecule has 2 aromatic rings. The van der Waals surface area contributed by atoms with Crippen molar-refractivity contribution in [1.29, 1.82) is 0 Å². The monoisotopic (exact) mass is 252 g/mol. The van der Waals surface area contributed by atoms with Gasteiger partial charge in [0, 0.05) is 17.5 Å². The van der Waals surface area contributed by atoms with Gasteiger partial charge in [-0.15, -0.1) is 0 Å². The van der Waals surface area contributed by atoms with Crippen LogP contribution in [0, 0.1) is 0 Å². The lowest BCUT2D eigenvalue weighted by atomic mass is 9.99. The van der Waals surface area contributed by atoms with Gasteiger partial charge in [0.25, 0.3) is 0 Å². The Morgan fingerprint density at radius 3 is 2.32 bits per heavy atom. The van der Waals surface area contributed by atoms with E-state index >= 15 is 0 Å². The maximum absolute atomic E-state index is 2.30. The van der Waals surface area contributed by atoms with Crippen molar-refractivity contribution >= 4 is 0 Å². The molecule has 0 aromatic heterocycles. The third kappa shape index (κ3) is 2.87. The van der Waals surface area contributed by atoms with Crippen LogP contribution in [-0.4, -0.2) is 6.54 Å². The van der Waals surface area contributed by atoms with Gasteiger partial charge in [0.1, 0.15) is 13.1 Å². The molecule has 0 spiro atoms. The Morgan fingerprint density at radius 1 is 0.895 bits per heavy atom. The lowest BCUT2D eigenvalue weighted by Crippen LogP contribution is -3.10. The molecular formula is C18H22N+. The van der Waals surface area contributed by atoms with E-state index in [1.54, 1.807) is 10.5 Å². The SMILES string of the molecule is CCc1ccc(C[NH+]2CCc3ccccc3C2)cc1. The van der Waals surface area contributed by atoms with E-state index in [1.807, 2.05) is 0 Å². The van der Waals surface area contributed by atoms with Crippen LogP contribution >= 0.6 is 0 Å². The lowest BCUT2D eigenvalue weighted by molar-refractivity contribution is -0.929. The smallest absolute Gasteiger partial charge is 0.103 e. The van der Waals surface area contributed by atoms with Crippen LogP contribution in [0.1, 0.15) is 29.2 Å². The van der Waals surface area contributed by atoms with Gasteiger partial charge in [-0.2, -0.15) is 0 Å². The fourth-order valence-electron chi connectivity index (χ4n) is 2.98. The molecule has 2 aromatic carbocycles. The van der Waals surface area contributed by atoms with E-state index in [2.05, 4.69) is 55.5 Å². The predicted molar refractivity (Wildman–Crippen MR) is 79.2 cm³/mol. The molecule has 1 heteroatoms. The summed E-state index contributed by atoms with van der Waals surface area (Å²) in [6.45, 7) is 5.79. The standard InChI is InChI=1S/C18H21N/c1-2-15-7-9-16(10-8-15)13-19-12-11-17-5-3-4-6-18(17)14-19/h3-10H,2,11-14H2,1H3/p+1. The molecule has 19 heavy (non-hydrogen) atoms. The van der Waals surface area contributed by atoms with E-state index in [1.165, 1.54) is 36.2 Å². The van der Waals surface area contributed by atoms with E-state index in [0.29, 0.717) is 0 Å². The van der Waals surface area contributed by atoms with E-state index in [0.717, 1.165) is 13.0 Å². The first-order valence-corrected chi connectivity index (χ1v) is 7.33. The number of rotatable bonds is 3. The van der Waals surface area contributed by atoms with Crippen molar-refractivity contribution in [2.24, 2.45) is 0 Å².